The van der Waals surface area contributed by atoms with Crippen LogP contribution in [0.3, 0.4) is 0 Å². The third kappa shape index (κ3) is 4.85. The Bertz CT molecular complexity index is 365. The second-order valence-electron chi connectivity index (χ2n) is 4.11. The fourth-order valence-electron chi connectivity index (χ4n) is 1.75. The Kier molecular flexibility index (Phi) is 6.38. The molecule has 0 aliphatic heterocycles. The van der Waals surface area contributed by atoms with Crippen molar-refractivity contribution in [3.63, 3.8) is 0 Å². The Balaban J connectivity index is 2.22. The van der Waals surface area contributed by atoms with Gasteiger partial charge in [0.15, 0.2) is 0 Å². The van der Waals surface area contributed by atoms with E-state index in [4.69, 9.17) is 4.42 Å². The molecule has 102 valence electrons. The SMILES string of the molecule is CCCN(CC)CCNCc1ccc([N+](=O)[O-])o1. The molecule has 0 amide bonds. The van der Waals surface area contributed by atoms with Gasteiger partial charge in [-0.1, -0.05) is 13.8 Å². The third-order valence-electron chi connectivity index (χ3n) is 2.72. The zero-order valence-electron chi connectivity index (χ0n) is 11.0. The third-order valence-corrected chi connectivity index (χ3v) is 2.72. The molecule has 1 N–H and O–H groups in total. The van der Waals surface area contributed by atoms with Gasteiger partial charge < -0.3 is 14.6 Å². The fraction of sp³-hybridized carbons (Fsp3) is 0.667. The van der Waals surface area contributed by atoms with Gasteiger partial charge >= 0.3 is 5.88 Å². The van der Waals surface area contributed by atoms with Crippen LogP contribution in [-0.4, -0.2) is 36.0 Å². The van der Waals surface area contributed by atoms with Gasteiger partial charge in [-0.05, 0) is 25.6 Å². The van der Waals surface area contributed by atoms with Crippen LogP contribution in [-0.2, 0) is 6.54 Å². The highest BCUT2D eigenvalue weighted by Gasteiger charge is 2.11. The molecular weight excluding hydrogens is 234 g/mol. The number of nitro groups is 1. The number of nitrogens with one attached hydrogen (secondary N) is 1. The minimum absolute atomic E-state index is 0.201. The fourth-order valence-corrected chi connectivity index (χ4v) is 1.75. The monoisotopic (exact) mass is 255 g/mol. The standard InChI is InChI=1S/C12H21N3O3/c1-3-8-14(4-2)9-7-13-10-11-5-6-12(18-11)15(16)17/h5-6,13H,3-4,7-10H2,1-2H3. The van der Waals surface area contributed by atoms with Crippen LogP contribution in [0.5, 0.6) is 0 Å². The van der Waals surface area contributed by atoms with Crippen molar-refractivity contribution < 1.29 is 9.34 Å². The average Bonchev–Trinajstić information content (AvgIpc) is 2.82. The summed E-state index contributed by atoms with van der Waals surface area (Å²) in [5.41, 5.74) is 0. The first-order valence-electron chi connectivity index (χ1n) is 6.33. The van der Waals surface area contributed by atoms with E-state index in [9.17, 15) is 10.1 Å². The average molecular weight is 255 g/mol. The van der Waals surface area contributed by atoms with Gasteiger partial charge in [0.1, 0.15) is 10.7 Å². The number of rotatable bonds is 9. The van der Waals surface area contributed by atoms with E-state index >= 15 is 0 Å². The van der Waals surface area contributed by atoms with Crippen LogP contribution < -0.4 is 5.32 Å². The van der Waals surface area contributed by atoms with Crippen LogP contribution in [0.4, 0.5) is 5.88 Å². The van der Waals surface area contributed by atoms with Crippen LogP contribution >= 0.6 is 0 Å². The molecule has 0 aliphatic rings. The van der Waals surface area contributed by atoms with Gasteiger partial charge in [0.2, 0.25) is 0 Å². The van der Waals surface area contributed by atoms with E-state index in [1.807, 2.05) is 0 Å². The maximum Gasteiger partial charge on any atom is 0.433 e. The molecule has 1 aromatic rings. The maximum atomic E-state index is 10.4. The molecule has 0 unspecified atom stereocenters. The zero-order valence-corrected chi connectivity index (χ0v) is 11.0. The van der Waals surface area contributed by atoms with Gasteiger partial charge in [0.25, 0.3) is 0 Å². The van der Waals surface area contributed by atoms with Gasteiger partial charge in [-0.25, -0.2) is 0 Å². The molecule has 0 aromatic carbocycles. The Hall–Kier alpha value is -1.40. The van der Waals surface area contributed by atoms with Crippen LogP contribution in [0, 0.1) is 10.1 Å². The lowest BCUT2D eigenvalue weighted by molar-refractivity contribution is -0.402. The first kappa shape index (κ1) is 14.7. The summed E-state index contributed by atoms with van der Waals surface area (Å²) in [5.74, 6) is 0.396. The summed E-state index contributed by atoms with van der Waals surface area (Å²) in [4.78, 5) is 12.3. The molecule has 0 saturated heterocycles. The Labute approximate surface area is 107 Å². The van der Waals surface area contributed by atoms with Gasteiger partial charge in [-0.2, -0.15) is 0 Å². The highest BCUT2D eigenvalue weighted by atomic mass is 16.6. The molecule has 0 bridgehead atoms. The predicted octanol–water partition coefficient (Wildman–Crippen LogP) is 2.01. The van der Waals surface area contributed by atoms with Crippen LogP contribution in [0.25, 0.3) is 0 Å². The first-order chi connectivity index (χ1) is 8.67. The van der Waals surface area contributed by atoms with Crippen molar-refractivity contribution in [1.29, 1.82) is 0 Å². The lowest BCUT2D eigenvalue weighted by atomic mass is 10.4. The molecule has 1 heterocycles. The van der Waals surface area contributed by atoms with E-state index in [-0.39, 0.29) is 5.88 Å². The van der Waals surface area contributed by atoms with Crippen molar-refractivity contribution in [2.75, 3.05) is 26.2 Å². The van der Waals surface area contributed by atoms with Gasteiger partial charge in [0, 0.05) is 13.1 Å². The summed E-state index contributed by atoms with van der Waals surface area (Å²) >= 11 is 0. The van der Waals surface area contributed by atoms with Crippen LogP contribution in [0.15, 0.2) is 16.5 Å². The molecule has 0 fully saturated rings. The molecule has 6 heteroatoms. The quantitative estimate of drug-likeness (QED) is 0.415. The Morgan fingerprint density at radius 2 is 2.17 bits per heavy atom. The van der Waals surface area contributed by atoms with E-state index in [0.29, 0.717) is 12.3 Å². The number of hydrogen-bond acceptors (Lipinski definition) is 5. The molecule has 0 saturated carbocycles. The van der Waals surface area contributed by atoms with E-state index in [1.54, 1.807) is 6.07 Å². The summed E-state index contributed by atoms with van der Waals surface area (Å²) in [5, 5.41) is 13.6. The van der Waals surface area contributed by atoms with Crippen molar-refractivity contribution >= 4 is 5.88 Å². The first-order valence-corrected chi connectivity index (χ1v) is 6.33. The lowest BCUT2D eigenvalue weighted by Gasteiger charge is -2.19. The molecular formula is C12H21N3O3. The molecule has 1 aromatic heterocycles. The van der Waals surface area contributed by atoms with Gasteiger partial charge in [-0.15, -0.1) is 0 Å². The smallest absolute Gasteiger partial charge is 0.404 e. The Morgan fingerprint density at radius 1 is 1.39 bits per heavy atom. The lowest BCUT2D eigenvalue weighted by Crippen LogP contribution is -2.32. The van der Waals surface area contributed by atoms with Crippen molar-refractivity contribution in [2.24, 2.45) is 0 Å². The van der Waals surface area contributed by atoms with E-state index < -0.39 is 4.92 Å². The number of furan rings is 1. The summed E-state index contributed by atoms with van der Waals surface area (Å²) in [6.07, 6.45) is 1.15. The molecule has 0 atom stereocenters. The Morgan fingerprint density at radius 3 is 2.72 bits per heavy atom. The second kappa shape index (κ2) is 7.84. The number of nitrogens with zero attached hydrogens (tertiary/aromatic N) is 2. The summed E-state index contributed by atoms with van der Waals surface area (Å²) < 4.78 is 5.05. The second-order valence-corrected chi connectivity index (χ2v) is 4.11. The van der Waals surface area contributed by atoms with Crippen molar-refractivity contribution in [3.05, 3.63) is 28.0 Å². The van der Waals surface area contributed by atoms with Crippen molar-refractivity contribution in [3.8, 4) is 0 Å². The van der Waals surface area contributed by atoms with Crippen molar-refractivity contribution in [1.82, 2.24) is 10.2 Å². The largest absolute Gasteiger partial charge is 0.433 e. The summed E-state index contributed by atoms with van der Waals surface area (Å²) in [6.45, 7) is 8.81. The van der Waals surface area contributed by atoms with E-state index in [2.05, 4.69) is 24.1 Å². The van der Waals surface area contributed by atoms with E-state index in [1.165, 1.54) is 6.07 Å². The van der Waals surface area contributed by atoms with Gasteiger partial charge in [0.05, 0.1) is 12.6 Å². The summed E-state index contributed by atoms with van der Waals surface area (Å²) in [6, 6.07) is 3.02. The summed E-state index contributed by atoms with van der Waals surface area (Å²) in [7, 11) is 0. The highest BCUT2D eigenvalue weighted by Crippen LogP contribution is 2.14. The van der Waals surface area contributed by atoms with E-state index in [0.717, 1.165) is 32.6 Å². The van der Waals surface area contributed by atoms with Gasteiger partial charge in [-0.3, -0.25) is 10.1 Å². The molecule has 0 radical (unpaired) electrons. The normalized spacial score (nSPS) is 11.1. The highest BCUT2D eigenvalue weighted by molar-refractivity contribution is 5.17. The topological polar surface area (TPSA) is 71.5 Å². The molecule has 1 rings (SSSR count). The number of hydrogen-bond donors (Lipinski definition) is 1. The minimum atomic E-state index is -0.524. The minimum Gasteiger partial charge on any atom is -0.404 e. The molecule has 0 spiro atoms. The van der Waals surface area contributed by atoms with Crippen LogP contribution in [0.2, 0.25) is 0 Å². The molecule has 0 aliphatic carbocycles. The molecule has 18 heavy (non-hydrogen) atoms. The predicted molar refractivity (Wildman–Crippen MR) is 69.5 cm³/mol. The number of likely N-dealkylation sites (N-methyl/N-ethyl adjacent to an activating group) is 1. The maximum absolute atomic E-state index is 10.4. The molecule has 6 nitrogen and oxygen atoms in total. The zero-order chi connectivity index (χ0) is 13.4. The van der Waals surface area contributed by atoms with Crippen LogP contribution in [0.1, 0.15) is 26.0 Å². The van der Waals surface area contributed by atoms with Crippen molar-refractivity contribution in [2.45, 2.75) is 26.8 Å².